The fourth-order valence-corrected chi connectivity index (χ4v) is 13.3. The second-order valence-corrected chi connectivity index (χ2v) is 23.7. The SMILES string of the molecule is O=S(=O)(Oc1cc(OS(=O)(=O)c2c(F)c(F)c(F)c(F)c2F)cc(C23OOC(c4cc(OS(=O)(=O)c5c(F)c(F)c(F)c(F)c5F)cc(OS(=O)(=O)c5c(F)c(F)c(F)c(F)c5F)c4)(c4ccccc42)c2ccccc23)c1)c1c(F)c(F)c(F)c(F)c1F. The molecule has 2 aliphatic heterocycles. The highest BCUT2D eigenvalue weighted by atomic mass is 32.2. The Bertz CT molecular complexity index is 4210. The highest BCUT2D eigenvalue weighted by Gasteiger charge is 2.61. The standard InChI is InChI=1S/C50H14F20O14S4/c51-25-29(55)37(63)45(38(64)30(25)56)85(71,72)79-17-9-15(10-18(13-17)80-86(73,74)46-39(65)31(57)26(52)32(58)40(46)66)49-21-5-1-2-6-22(21)50(84-83-49,24-8-4-3-7-23(24)49)16-11-19(81-87(75,76)47-41(67)33(59)27(53)34(60)42(47)68)14-20(12-16)82-88(77,78)48-43(69)35(61)28(54)36(62)44(48)70/h1-14H. The fraction of sp³-hybridized carbons (Fsp3) is 0.0400. The van der Waals surface area contributed by atoms with Crippen LogP contribution in [0.3, 0.4) is 0 Å². The largest absolute Gasteiger partial charge is 0.379 e. The number of rotatable bonds is 14. The Balaban J connectivity index is 1.22. The molecule has 462 valence electrons. The van der Waals surface area contributed by atoms with Crippen LogP contribution < -0.4 is 16.7 Å². The van der Waals surface area contributed by atoms with Gasteiger partial charge in [0.2, 0.25) is 23.3 Å². The second-order valence-electron chi connectivity index (χ2n) is 17.8. The molecule has 2 bridgehead atoms. The minimum absolute atomic E-state index is 0.0179. The summed E-state index contributed by atoms with van der Waals surface area (Å²) in [7, 11) is -26.1. The first kappa shape index (κ1) is 62.3. The van der Waals surface area contributed by atoms with Gasteiger partial charge in [-0.25, -0.2) is 97.6 Å². The van der Waals surface area contributed by atoms with Crippen LogP contribution in [0.25, 0.3) is 0 Å². The van der Waals surface area contributed by atoms with Crippen LogP contribution in [0.15, 0.2) is 105 Å². The molecular weight excluding hydrogens is 1330 g/mol. The molecule has 3 aliphatic rings. The molecule has 0 radical (unpaired) electrons. The van der Waals surface area contributed by atoms with Crippen molar-refractivity contribution in [2.24, 2.45) is 0 Å². The maximum atomic E-state index is 15.1. The van der Waals surface area contributed by atoms with Gasteiger partial charge in [0.15, 0.2) is 124 Å². The third-order valence-electron chi connectivity index (χ3n) is 12.7. The van der Waals surface area contributed by atoms with Gasteiger partial charge >= 0.3 is 40.5 Å². The van der Waals surface area contributed by atoms with E-state index in [1.54, 1.807) is 0 Å². The van der Waals surface area contributed by atoms with E-state index in [0.717, 1.165) is 48.5 Å². The molecule has 0 amide bonds. The van der Waals surface area contributed by atoms with Gasteiger partial charge in [-0.1, -0.05) is 48.5 Å². The van der Waals surface area contributed by atoms with E-state index in [1.807, 2.05) is 0 Å². The lowest BCUT2D eigenvalue weighted by Gasteiger charge is -2.53. The Hall–Kier alpha value is -8.72. The molecule has 0 unspecified atom stereocenters. The molecule has 0 spiro atoms. The van der Waals surface area contributed by atoms with Crippen molar-refractivity contribution in [3.8, 4) is 23.0 Å². The minimum Gasteiger partial charge on any atom is -0.379 e. The first-order chi connectivity index (χ1) is 40.9. The zero-order chi connectivity index (χ0) is 64.8. The van der Waals surface area contributed by atoms with E-state index >= 15 is 35.1 Å². The van der Waals surface area contributed by atoms with Crippen LogP contribution in [-0.4, -0.2) is 33.7 Å². The van der Waals surface area contributed by atoms with E-state index in [9.17, 15) is 86.4 Å². The zero-order valence-corrected chi connectivity index (χ0v) is 44.3. The monoisotopic (exact) mass is 1350 g/mol. The quantitative estimate of drug-likeness (QED) is 0.0328. The molecule has 0 saturated carbocycles. The average molecular weight is 1350 g/mol. The van der Waals surface area contributed by atoms with Crippen LogP contribution in [0.4, 0.5) is 87.8 Å². The summed E-state index contributed by atoms with van der Waals surface area (Å²) in [5, 5.41) is 0. The van der Waals surface area contributed by atoms with E-state index in [2.05, 4.69) is 0 Å². The van der Waals surface area contributed by atoms with Crippen molar-refractivity contribution in [3.63, 3.8) is 0 Å². The van der Waals surface area contributed by atoms with Gasteiger partial charge in [-0.3, -0.25) is 0 Å². The molecule has 0 N–H and O–H groups in total. The van der Waals surface area contributed by atoms with Crippen LogP contribution in [0.1, 0.15) is 33.4 Å². The van der Waals surface area contributed by atoms with Gasteiger partial charge in [0.05, 0.1) is 0 Å². The van der Waals surface area contributed by atoms with Crippen LogP contribution in [0.2, 0.25) is 0 Å². The highest BCUT2D eigenvalue weighted by Crippen LogP contribution is 2.62. The van der Waals surface area contributed by atoms with Crippen molar-refractivity contribution in [1.82, 2.24) is 0 Å². The summed E-state index contributed by atoms with van der Waals surface area (Å²) in [6.45, 7) is 0. The van der Waals surface area contributed by atoms with Gasteiger partial charge in [0.1, 0.15) is 23.0 Å². The maximum Gasteiger partial charge on any atom is 0.345 e. The lowest BCUT2D eigenvalue weighted by molar-refractivity contribution is -0.410. The lowest BCUT2D eigenvalue weighted by atomic mass is 9.62. The molecule has 1 aliphatic carbocycles. The van der Waals surface area contributed by atoms with E-state index in [0.29, 0.717) is 24.3 Å². The van der Waals surface area contributed by atoms with Gasteiger partial charge in [-0.15, -0.1) is 0 Å². The Morgan fingerprint density at radius 1 is 0.250 bits per heavy atom. The topological polar surface area (TPSA) is 192 Å². The Kier molecular flexibility index (Phi) is 14.9. The van der Waals surface area contributed by atoms with E-state index < -0.39 is 244 Å². The summed E-state index contributed by atoms with van der Waals surface area (Å²) >= 11 is 0. The third kappa shape index (κ3) is 9.27. The predicted octanol–water partition coefficient (Wildman–Crippen LogP) is 11.4. The third-order valence-corrected chi connectivity index (χ3v) is 17.8. The molecule has 11 rings (SSSR count). The Labute approximate surface area is 475 Å². The molecule has 0 saturated heterocycles. The van der Waals surface area contributed by atoms with Gasteiger partial charge in [0.25, 0.3) is 0 Å². The highest BCUT2D eigenvalue weighted by molar-refractivity contribution is 7.88. The average Bonchev–Trinajstić information content (AvgIpc) is 0.672. The van der Waals surface area contributed by atoms with Gasteiger partial charge in [-0.05, 0) is 24.3 Å². The Morgan fingerprint density at radius 3 is 0.580 bits per heavy atom. The predicted molar refractivity (Wildman–Crippen MR) is 244 cm³/mol. The lowest BCUT2D eigenvalue weighted by Crippen LogP contribution is -2.53. The summed E-state index contributed by atoms with van der Waals surface area (Å²) in [6.07, 6.45) is 0. The minimum atomic E-state index is -6.54. The van der Waals surface area contributed by atoms with Crippen LogP contribution in [0.5, 0.6) is 23.0 Å². The molecule has 0 aromatic heterocycles. The van der Waals surface area contributed by atoms with Gasteiger partial charge in [0, 0.05) is 45.5 Å². The summed E-state index contributed by atoms with van der Waals surface area (Å²) in [5.74, 6) is -66.2. The summed E-state index contributed by atoms with van der Waals surface area (Å²) in [6, 6.07) is 9.46. The van der Waals surface area contributed by atoms with Crippen molar-refractivity contribution in [1.29, 1.82) is 0 Å². The van der Waals surface area contributed by atoms with E-state index in [1.165, 1.54) is 0 Å². The molecule has 38 heteroatoms. The number of hydrogen-bond donors (Lipinski definition) is 0. The van der Waals surface area contributed by atoms with E-state index in [4.69, 9.17) is 26.5 Å². The molecular formula is C50H14F20O14S4. The zero-order valence-electron chi connectivity index (χ0n) is 41.0. The van der Waals surface area contributed by atoms with Gasteiger partial charge in [-0.2, -0.15) is 33.7 Å². The van der Waals surface area contributed by atoms with Crippen LogP contribution >= 0.6 is 0 Å². The summed E-state index contributed by atoms with van der Waals surface area (Å²) in [5.41, 5.74) is -9.94. The normalized spacial score (nSPS) is 16.5. The summed E-state index contributed by atoms with van der Waals surface area (Å²) in [4.78, 5) is 0.856. The number of fused-ring (bicyclic) bond motifs is 1. The van der Waals surface area contributed by atoms with Crippen molar-refractivity contribution in [2.75, 3.05) is 0 Å². The number of hydrogen-bond acceptors (Lipinski definition) is 14. The van der Waals surface area contributed by atoms with Crippen LogP contribution in [-0.2, 0) is 61.4 Å². The first-order valence-electron chi connectivity index (χ1n) is 22.6. The molecule has 8 aromatic carbocycles. The number of halogens is 20. The molecule has 8 aromatic rings. The molecule has 0 fully saturated rings. The molecule has 2 heterocycles. The molecule has 0 atom stereocenters. The van der Waals surface area contributed by atoms with Gasteiger partial charge < -0.3 is 16.7 Å². The first-order valence-corrected chi connectivity index (χ1v) is 28.2. The van der Waals surface area contributed by atoms with Crippen molar-refractivity contribution in [2.45, 2.75) is 30.8 Å². The van der Waals surface area contributed by atoms with E-state index in [-0.39, 0.29) is 12.1 Å². The Morgan fingerprint density at radius 2 is 0.409 bits per heavy atom. The molecule has 14 nitrogen and oxygen atoms in total. The smallest absolute Gasteiger partial charge is 0.345 e. The number of benzene rings is 8. The maximum absolute atomic E-state index is 15.1. The molecule has 88 heavy (non-hydrogen) atoms. The summed E-state index contributed by atoms with van der Waals surface area (Å²) < 4.78 is 420. The van der Waals surface area contributed by atoms with Crippen molar-refractivity contribution in [3.05, 3.63) is 235 Å². The van der Waals surface area contributed by atoms with Crippen molar-refractivity contribution >= 4 is 40.5 Å². The van der Waals surface area contributed by atoms with Crippen LogP contribution in [0, 0.1) is 116 Å². The fourth-order valence-electron chi connectivity index (χ4n) is 9.14. The van der Waals surface area contributed by atoms with Crippen molar-refractivity contribution < 1.29 is 148 Å². The second kappa shape index (κ2) is 21.0.